The quantitative estimate of drug-likeness (QED) is 0.0263. The van der Waals surface area contributed by atoms with E-state index < -0.39 is 18.4 Å². The van der Waals surface area contributed by atoms with Crippen LogP contribution in [0.4, 0.5) is 0 Å². The molecule has 748 valence electrons. The summed E-state index contributed by atoms with van der Waals surface area (Å²) >= 11 is 23.5. The van der Waals surface area contributed by atoms with E-state index in [1.165, 1.54) is 265 Å². The Morgan fingerprint density at radius 3 is 0.943 bits per heavy atom. The summed E-state index contributed by atoms with van der Waals surface area (Å²) in [6.07, 6.45) is 43.9. The van der Waals surface area contributed by atoms with Crippen molar-refractivity contribution in [1.82, 2.24) is 41.2 Å². The van der Waals surface area contributed by atoms with Crippen LogP contribution in [0.25, 0.3) is 155 Å². The van der Waals surface area contributed by atoms with Crippen LogP contribution in [0.2, 0.25) is 14.8 Å². The van der Waals surface area contributed by atoms with Gasteiger partial charge in [0.05, 0.1) is 76.9 Å². The fraction of sp³-hybridized carbons (Fsp3) is 0.478. The predicted octanol–water partition coefficient (Wildman–Crippen LogP) is 40.2. The third-order valence-corrected chi connectivity index (χ3v) is 50.4. The molecular weight excluding hydrogens is 2160 g/mol. The van der Waals surface area contributed by atoms with Gasteiger partial charge in [0.2, 0.25) is 0 Å². The van der Waals surface area contributed by atoms with E-state index in [1.807, 2.05) is 75.3 Å². The van der Waals surface area contributed by atoms with Crippen molar-refractivity contribution in [3.8, 4) is 105 Å². The van der Waals surface area contributed by atoms with Crippen LogP contribution in [-0.2, 0) is 19.3 Å². The monoisotopic (exact) mass is 2300 g/mol. The van der Waals surface area contributed by atoms with Gasteiger partial charge in [-0.3, -0.25) is 15.0 Å². The Morgan fingerprint density at radius 1 is 0.291 bits per heavy atom. The zero-order valence-electron chi connectivity index (χ0n) is 84.9. The van der Waals surface area contributed by atoms with Gasteiger partial charge in [0.15, 0.2) is 0 Å². The number of aryl methyl sites for hydroxylation is 4. The number of halogens is 1. The normalized spacial score (nSPS) is 12.9. The van der Waals surface area contributed by atoms with Crippen molar-refractivity contribution in [3.05, 3.63) is 140 Å². The number of aromatic nitrogens is 9. The van der Waals surface area contributed by atoms with Crippen molar-refractivity contribution in [2.75, 3.05) is 26.4 Å². The number of fused-ring (bicyclic) bond motifs is 7. The van der Waals surface area contributed by atoms with Crippen molar-refractivity contribution in [3.63, 3.8) is 0 Å². The van der Waals surface area contributed by atoms with Crippen molar-refractivity contribution in [2.24, 2.45) is 23.7 Å². The minimum Gasteiger partial charge on any atom is -0.491 e. The molecule has 13 nitrogen and oxygen atoms in total. The number of rotatable bonds is 52. The Labute approximate surface area is 901 Å². The molecule has 0 aliphatic carbocycles. The molecule has 28 heteroatoms. The van der Waals surface area contributed by atoms with Gasteiger partial charge in [0, 0.05) is 94.1 Å². The average molecular weight is 2300 g/mol. The van der Waals surface area contributed by atoms with E-state index in [9.17, 15) is 0 Å². The first-order chi connectivity index (χ1) is 68.9. The molecule has 0 radical (unpaired) electrons. The second-order valence-corrected chi connectivity index (χ2v) is 67.8. The zero-order valence-corrected chi connectivity index (χ0v) is 99.9. The molecule has 141 heavy (non-hydrogen) atoms. The molecule has 2 aromatic carbocycles. The van der Waals surface area contributed by atoms with Crippen LogP contribution in [0.1, 0.15) is 275 Å². The maximum absolute atomic E-state index is 7.26. The van der Waals surface area contributed by atoms with Crippen molar-refractivity contribution in [1.29, 1.82) is 0 Å². The van der Waals surface area contributed by atoms with Gasteiger partial charge in [-0.15, -0.1) is 90.7 Å². The second kappa shape index (κ2) is 52.6. The molecule has 16 heterocycles. The van der Waals surface area contributed by atoms with Crippen LogP contribution in [0.3, 0.4) is 0 Å². The third-order valence-electron chi connectivity index (χ3n) is 27.0. The first kappa shape index (κ1) is 108. The molecule has 18 aromatic rings. The van der Waals surface area contributed by atoms with E-state index in [1.54, 1.807) is 59.6 Å². The molecule has 0 aliphatic rings. The van der Waals surface area contributed by atoms with Gasteiger partial charge in [-0.05, 0) is 164 Å². The van der Waals surface area contributed by atoms with E-state index in [-0.39, 0.29) is 0 Å². The molecule has 16 aromatic heterocycles. The Balaban J connectivity index is 0.000000191. The van der Waals surface area contributed by atoms with Gasteiger partial charge in [-0.2, -0.15) is 26.2 Å². The number of unbranched alkanes of at least 4 members (excludes halogenated alkanes) is 13. The molecular formula is C113H138BrN9O4S13Sn. The van der Waals surface area contributed by atoms with Crippen LogP contribution in [0.5, 0.6) is 23.0 Å². The largest absolute Gasteiger partial charge is 0.491 e. The van der Waals surface area contributed by atoms with Crippen LogP contribution in [0.15, 0.2) is 120 Å². The molecule has 18 rings (SSSR count). The van der Waals surface area contributed by atoms with E-state index in [0.29, 0.717) is 36.9 Å². The second-order valence-electron chi connectivity index (χ2n) is 38.7. The summed E-state index contributed by atoms with van der Waals surface area (Å²) in [5.41, 5.74) is 9.85. The molecule has 4 atom stereocenters. The summed E-state index contributed by atoms with van der Waals surface area (Å²) in [4.78, 5) is 41.6. The molecule has 0 amide bonds. The van der Waals surface area contributed by atoms with Gasteiger partial charge in [-0.25, -0.2) is 0 Å². The Hall–Kier alpha value is -6.13. The van der Waals surface area contributed by atoms with E-state index >= 15 is 0 Å². The molecule has 0 aliphatic heterocycles. The fourth-order valence-electron chi connectivity index (χ4n) is 18.2. The molecule has 0 saturated heterocycles. The van der Waals surface area contributed by atoms with Crippen LogP contribution in [-0.4, -0.2) is 86.0 Å². The van der Waals surface area contributed by atoms with Crippen LogP contribution >= 0.6 is 164 Å². The standard InChI is InChI=1S/C64H72N6O2S8.C27H39O2S2.C19H18BrN3S3.3CH3.Sn/c1-7-13-17-19-23-41-25-27-47(73-41)49-29-31-51(75-49)57-59-55(67-79-69-59)45(35-65-57)53-33-43-61(71-37-39(11-5)21-15-9-3)64-44(62(63(43)77-53)72-38-40(12-6)22-16-10-4)34-54(78-64)46-36-66-58(60-56(46)68-80-70-60)52-32-30-50(76-52)48-28-26-42(74-48)24-20-18-14-8-2;1-6-10-12-20(8-3)17-28-24-22-14-15-30-26(22)25(23-16-19(5)31-27(23)24)29-18-21(9-4)13-11-7-2;1-2-3-4-5-6-12-7-8-14(24-12)15-9-10-16(25-15)18-19-17(22-26-23-19)13(20)11-21-18;;;;/h25-36,39-40H,7-24,37-38H2,1-6H3;14,16,20-21H,6-13,17-18H2,1-5H3;7-11H,2-6H2,1H3;3*1H3;. The number of hydrogen-bond donors (Lipinski definition) is 0. The molecule has 4 unspecified atom stereocenters. The summed E-state index contributed by atoms with van der Waals surface area (Å²) in [5.74, 6) is 6.20. The minimum atomic E-state index is -2.25. The van der Waals surface area contributed by atoms with Gasteiger partial charge >= 0.3 is 228 Å². The number of nitrogens with zero attached hydrogens (tertiary/aromatic N) is 9. The van der Waals surface area contributed by atoms with Crippen molar-refractivity contribution >= 4 is 259 Å². The smallest absolute Gasteiger partial charge is 0.146 e. The molecule has 0 fully saturated rings. The van der Waals surface area contributed by atoms with Crippen LogP contribution in [0, 0.1) is 30.6 Å². The SMILES string of the molecule is CCCCC(CC)COc1c2c[c]([Sn]([CH3])([CH3])[CH3])sc2c(OCC(CC)CCCC)c2cc(C)sc12.CCCCCCc1ccc(-c2ccc(-c3ncc(-c4cc5c(OCC(CC)CCCC)c6sc(-c7cnc(-c8ccc(-c9ccc(CCCCCC)s9)s8)c8nsnc78)cc6c(OCC(CC)CCCC)c5s4)c4nsnc34)s2)s1.CCCCCCc1ccc(-c2ccc(-c3ncc(Br)c4nsnc34)s2)s1. The summed E-state index contributed by atoms with van der Waals surface area (Å²) in [5, 5.41) is 4.69. The maximum Gasteiger partial charge on any atom is 0.146 e. The number of ether oxygens (including phenoxy) is 4. The van der Waals surface area contributed by atoms with E-state index in [4.69, 9.17) is 46.4 Å². The third kappa shape index (κ3) is 26.4. The Morgan fingerprint density at radius 2 is 0.589 bits per heavy atom. The number of thiophene rings is 10. The summed E-state index contributed by atoms with van der Waals surface area (Å²) in [6, 6.07) is 36.4. The van der Waals surface area contributed by atoms with Gasteiger partial charge in [0.1, 0.15) is 61.7 Å². The van der Waals surface area contributed by atoms with Gasteiger partial charge in [0.25, 0.3) is 0 Å². The topological polar surface area (TPSA) is 153 Å². The first-order valence-corrected chi connectivity index (χ1v) is 73.1. The Kier molecular flexibility index (Phi) is 40.2. The maximum atomic E-state index is 7.26. The fourth-order valence-corrected chi connectivity index (χ4v) is 36.6. The van der Waals surface area contributed by atoms with Crippen molar-refractivity contribution in [2.45, 2.75) is 297 Å². The predicted molar refractivity (Wildman–Crippen MR) is 632 cm³/mol. The average Bonchev–Trinajstić information content (AvgIpc) is 1.57. The first-order valence-electron chi connectivity index (χ1n) is 52.0. The number of pyridine rings is 3. The molecule has 0 N–H and O–H groups in total. The minimum absolute atomic E-state index is 0.442. The zero-order chi connectivity index (χ0) is 98.5. The molecule has 0 spiro atoms. The number of hydrogen-bond acceptors (Lipinski definition) is 26. The van der Waals surface area contributed by atoms with Crippen LogP contribution < -0.4 is 21.8 Å². The van der Waals surface area contributed by atoms with E-state index in [2.05, 4.69) is 225 Å². The molecule has 0 bridgehead atoms. The number of benzene rings is 2. The van der Waals surface area contributed by atoms with Gasteiger partial charge < -0.3 is 9.47 Å². The summed E-state index contributed by atoms with van der Waals surface area (Å²) < 4.78 is 64.0. The summed E-state index contributed by atoms with van der Waals surface area (Å²) in [7, 11) is 0. The van der Waals surface area contributed by atoms with Crippen molar-refractivity contribution < 1.29 is 18.9 Å². The summed E-state index contributed by atoms with van der Waals surface area (Å²) in [6.45, 7) is 30.3. The Bertz CT molecular complexity index is 6670. The van der Waals surface area contributed by atoms with Gasteiger partial charge in [-0.1, -0.05) is 145 Å². The molecule has 0 saturated carbocycles. The van der Waals surface area contributed by atoms with E-state index in [0.717, 1.165) is 185 Å².